The van der Waals surface area contributed by atoms with Crippen LogP contribution in [-0.2, 0) is 39.7 Å². The van der Waals surface area contributed by atoms with Gasteiger partial charge in [0.2, 0.25) is 0 Å². The second-order valence-corrected chi connectivity index (χ2v) is 9.72. The van der Waals surface area contributed by atoms with E-state index in [4.69, 9.17) is 9.31 Å². The third-order valence-electron chi connectivity index (χ3n) is 7.17. The van der Waals surface area contributed by atoms with E-state index in [-0.39, 0.29) is 22.1 Å². The molecule has 0 aliphatic carbocycles. The molecule has 1 saturated heterocycles. The number of alkyl halides is 6. The Morgan fingerprint density at radius 2 is 1.34 bits per heavy atom. The van der Waals surface area contributed by atoms with Gasteiger partial charge in [-0.15, -0.1) is 0 Å². The number of nitrogens with zero attached hydrogens (tertiary/aromatic N) is 1. The van der Waals surface area contributed by atoms with Crippen molar-refractivity contribution in [2.75, 3.05) is 6.54 Å². The number of carbonyl (C=O) groups is 3. The Kier molecular flexibility index (Phi) is 7.08. The molecule has 2 aromatic carbocycles. The van der Waals surface area contributed by atoms with Gasteiger partial charge in [-0.3, -0.25) is 9.59 Å². The van der Waals surface area contributed by atoms with E-state index in [2.05, 4.69) is 5.32 Å². The fourth-order valence-corrected chi connectivity index (χ4v) is 5.25. The Balaban J connectivity index is 1.41. The van der Waals surface area contributed by atoms with E-state index in [1.807, 2.05) is 0 Å². The molecular formula is C23H18B2F6N2O8. The highest BCUT2D eigenvalue weighted by molar-refractivity contribution is 6.62. The number of carboxylic acid groups (broad SMARTS) is 1. The van der Waals surface area contributed by atoms with Crippen molar-refractivity contribution in [1.82, 2.24) is 10.2 Å². The molecule has 18 heteroatoms. The predicted molar refractivity (Wildman–Crippen MR) is 126 cm³/mol. The highest BCUT2D eigenvalue weighted by atomic mass is 19.4. The molecule has 216 valence electrons. The molecule has 0 saturated carbocycles. The van der Waals surface area contributed by atoms with Gasteiger partial charge < -0.3 is 34.7 Å². The van der Waals surface area contributed by atoms with Crippen molar-refractivity contribution in [1.29, 1.82) is 0 Å². The van der Waals surface area contributed by atoms with Crippen LogP contribution in [0.3, 0.4) is 0 Å². The van der Waals surface area contributed by atoms with Crippen LogP contribution < -0.4 is 16.2 Å². The summed E-state index contributed by atoms with van der Waals surface area (Å²) >= 11 is 0. The lowest BCUT2D eigenvalue weighted by atomic mass is 9.77. The van der Waals surface area contributed by atoms with Crippen LogP contribution in [0.4, 0.5) is 26.3 Å². The molecule has 10 nitrogen and oxygen atoms in total. The Bertz CT molecular complexity index is 1450. The zero-order valence-electron chi connectivity index (χ0n) is 20.5. The number of amides is 2. The standard InChI is InChI=1S/C23H18B2F6N2O8/c26-22(27,28)14-1-9(3-16-12(14)7-40-24(16)38)19(34)32-11-5-18(21(36)37)33(6-11)20(35)10-2-15(23(29,30)31)13-8-41-25(39)17(13)4-10/h1-4,11,18,38-39H,5-8H2,(H,32,34)(H,36,37)/t11-,18+/m1/s1. The van der Waals surface area contributed by atoms with E-state index < -0.39 is 105 Å². The second-order valence-electron chi connectivity index (χ2n) is 9.72. The number of carbonyl (C=O) groups excluding carboxylic acids is 2. The summed E-state index contributed by atoms with van der Waals surface area (Å²) in [5, 5.41) is 31.8. The fourth-order valence-electron chi connectivity index (χ4n) is 5.25. The maximum absolute atomic E-state index is 13.7. The Morgan fingerprint density at radius 3 is 1.83 bits per heavy atom. The number of hydrogen-bond acceptors (Lipinski definition) is 7. The number of hydrogen-bond donors (Lipinski definition) is 4. The molecule has 2 atom stereocenters. The van der Waals surface area contributed by atoms with Gasteiger partial charge in [0, 0.05) is 30.1 Å². The van der Waals surface area contributed by atoms with Crippen LogP contribution >= 0.6 is 0 Å². The average Bonchev–Trinajstić information content (AvgIpc) is 3.58. The minimum Gasteiger partial charge on any atom is -0.480 e. The molecule has 0 unspecified atom stereocenters. The molecule has 3 heterocycles. The lowest BCUT2D eigenvalue weighted by Gasteiger charge is -2.23. The normalized spacial score (nSPS) is 20.3. The smallest absolute Gasteiger partial charge is 0.480 e. The largest absolute Gasteiger partial charge is 0.491 e. The Labute approximate surface area is 227 Å². The highest BCUT2D eigenvalue weighted by Gasteiger charge is 2.45. The first-order valence-corrected chi connectivity index (χ1v) is 12.0. The summed E-state index contributed by atoms with van der Waals surface area (Å²) in [6.07, 6.45) is -10.2. The SMILES string of the molecule is O=C(N[C@@H]1C[C@@H](C(=O)O)N(C(=O)c2cc3c(c(C(F)(F)F)c2)COB3O)C1)c1cc2c(c(C(F)(F)F)c1)COB2O. The van der Waals surface area contributed by atoms with Crippen LogP contribution in [-0.4, -0.2) is 70.7 Å². The van der Waals surface area contributed by atoms with Crippen molar-refractivity contribution in [3.8, 4) is 0 Å². The average molecular weight is 586 g/mol. The summed E-state index contributed by atoms with van der Waals surface area (Å²) in [5.41, 5.74) is -4.82. The maximum Gasteiger partial charge on any atom is 0.491 e. The number of aliphatic carboxylic acids is 1. The number of halogens is 6. The first kappa shape index (κ1) is 28.9. The molecule has 1 fully saturated rings. The summed E-state index contributed by atoms with van der Waals surface area (Å²) in [6.45, 7) is -1.59. The first-order valence-electron chi connectivity index (χ1n) is 12.0. The molecule has 3 aliphatic rings. The van der Waals surface area contributed by atoms with Crippen molar-refractivity contribution in [3.05, 3.63) is 57.6 Å². The van der Waals surface area contributed by atoms with Gasteiger partial charge in [-0.1, -0.05) is 0 Å². The number of rotatable bonds is 4. The van der Waals surface area contributed by atoms with Crippen molar-refractivity contribution >= 4 is 42.9 Å². The number of likely N-dealkylation sites (tertiary alicyclic amines) is 1. The zero-order chi connectivity index (χ0) is 30.0. The third-order valence-corrected chi connectivity index (χ3v) is 7.17. The van der Waals surface area contributed by atoms with Crippen LogP contribution in [0.15, 0.2) is 24.3 Å². The minimum atomic E-state index is -4.93. The third kappa shape index (κ3) is 5.27. The quantitative estimate of drug-likeness (QED) is 0.295. The minimum absolute atomic E-state index is 0.264. The van der Waals surface area contributed by atoms with Gasteiger partial charge in [-0.05, 0) is 46.3 Å². The Hall–Kier alpha value is -3.60. The topological polar surface area (TPSA) is 146 Å². The molecule has 2 aromatic rings. The molecule has 0 bridgehead atoms. The fraction of sp³-hybridized carbons (Fsp3) is 0.348. The molecule has 5 rings (SSSR count). The van der Waals surface area contributed by atoms with Crippen molar-refractivity contribution in [2.45, 2.75) is 44.1 Å². The van der Waals surface area contributed by atoms with E-state index in [9.17, 15) is 55.9 Å². The number of nitrogens with one attached hydrogen (secondary N) is 1. The number of fused-ring (bicyclic) bond motifs is 2. The summed E-state index contributed by atoms with van der Waals surface area (Å²) in [7, 11) is -3.44. The summed E-state index contributed by atoms with van der Waals surface area (Å²) in [4.78, 5) is 38.8. The van der Waals surface area contributed by atoms with Crippen LogP contribution in [0.25, 0.3) is 0 Å². The lowest BCUT2D eigenvalue weighted by Crippen LogP contribution is -2.42. The predicted octanol–water partition coefficient (Wildman–Crippen LogP) is 0.257. The first-order chi connectivity index (χ1) is 19.1. The van der Waals surface area contributed by atoms with Crippen LogP contribution in [0.2, 0.25) is 0 Å². The van der Waals surface area contributed by atoms with E-state index in [1.165, 1.54) is 0 Å². The highest BCUT2D eigenvalue weighted by Crippen LogP contribution is 2.36. The van der Waals surface area contributed by atoms with Crippen LogP contribution in [0.5, 0.6) is 0 Å². The van der Waals surface area contributed by atoms with Gasteiger partial charge in [0.15, 0.2) is 0 Å². The molecule has 41 heavy (non-hydrogen) atoms. The molecule has 0 radical (unpaired) electrons. The van der Waals surface area contributed by atoms with Crippen molar-refractivity contribution in [3.63, 3.8) is 0 Å². The number of benzene rings is 2. The Morgan fingerprint density at radius 1 is 0.854 bits per heavy atom. The monoisotopic (exact) mass is 586 g/mol. The van der Waals surface area contributed by atoms with Gasteiger partial charge in [-0.25, -0.2) is 4.79 Å². The van der Waals surface area contributed by atoms with Crippen LogP contribution in [0, 0.1) is 0 Å². The van der Waals surface area contributed by atoms with E-state index in [0.29, 0.717) is 12.1 Å². The summed E-state index contributed by atoms with van der Waals surface area (Å²) in [5.74, 6) is -3.75. The van der Waals surface area contributed by atoms with E-state index in [0.717, 1.165) is 17.0 Å². The second kappa shape index (κ2) is 10.0. The lowest BCUT2D eigenvalue weighted by molar-refractivity contribution is -0.141. The molecular weight excluding hydrogens is 568 g/mol. The zero-order valence-corrected chi connectivity index (χ0v) is 20.5. The van der Waals surface area contributed by atoms with Crippen molar-refractivity contribution in [2.24, 2.45) is 0 Å². The summed E-state index contributed by atoms with van der Waals surface area (Å²) in [6, 6.07) is 0.328. The van der Waals surface area contributed by atoms with Gasteiger partial charge in [-0.2, -0.15) is 26.3 Å². The maximum atomic E-state index is 13.7. The molecule has 3 aliphatic heterocycles. The summed E-state index contributed by atoms with van der Waals surface area (Å²) < 4.78 is 91.5. The van der Waals surface area contributed by atoms with Crippen molar-refractivity contribution < 1.29 is 65.2 Å². The van der Waals surface area contributed by atoms with E-state index in [1.54, 1.807) is 0 Å². The van der Waals surface area contributed by atoms with Gasteiger partial charge in [0.1, 0.15) is 6.04 Å². The molecule has 0 aromatic heterocycles. The van der Waals surface area contributed by atoms with Gasteiger partial charge in [0.25, 0.3) is 11.8 Å². The molecule has 4 N–H and O–H groups in total. The molecule has 2 amide bonds. The van der Waals surface area contributed by atoms with Gasteiger partial charge >= 0.3 is 32.6 Å². The van der Waals surface area contributed by atoms with Gasteiger partial charge in [0.05, 0.1) is 24.3 Å². The van der Waals surface area contributed by atoms with E-state index >= 15 is 0 Å². The number of carboxylic acids is 1. The molecule has 0 spiro atoms. The van der Waals surface area contributed by atoms with Crippen LogP contribution in [0.1, 0.15) is 49.4 Å².